The third kappa shape index (κ3) is 3.44. The molecule has 0 radical (unpaired) electrons. The molecule has 0 saturated heterocycles. The molecule has 0 atom stereocenters. The van der Waals surface area contributed by atoms with Crippen molar-refractivity contribution in [3.63, 3.8) is 0 Å². The number of nitrogens with zero attached hydrogens (tertiary/aromatic N) is 1. The average molecular weight is 275 g/mol. The summed E-state index contributed by atoms with van der Waals surface area (Å²) in [5, 5.41) is 6.49. The summed E-state index contributed by atoms with van der Waals surface area (Å²) in [6.07, 6.45) is 3.24. The summed E-state index contributed by atoms with van der Waals surface area (Å²) in [5.74, 6) is 0. The molecular weight excluding hydrogens is 250 g/mol. The molecule has 0 bridgehead atoms. The number of amides is 2. The number of aryl methyl sites for hydroxylation is 1. The fraction of sp³-hybridized carbons (Fsp3) is 0.562. The highest BCUT2D eigenvalue weighted by molar-refractivity contribution is 5.74. The zero-order chi connectivity index (χ0) is 14.4. The highest BCUT2D eigenvalue weighted by Gasteiger charge is 2.13. The Hall–Kier alpha value is -1.71. The number of hydrogen-bond donors (Lipinski definition) is 2. The Morgan fingerprint density at radius 2 is 2.15 bits per heavy atom. The van der Waals surface area contributed by atoms with Gasteiger partial charge in [0.15, 0.2) is 0 Å². The molecule has 1 aliphatic heterocycles. The maximum atomic E-state index is 11.9. The molecule has 4 nitrogen and oxygen atoms in total. The molecule has 1 heterocycles. The molecule has 4 heteroatoms. The number of para-hydroxylation sites is 1. The normalized spacial score (nSPS) is 13.3. The molecule has 2 N–H and O–H groups in total. The van der Waals surface area contributed by atoms with E-state index in [1.807, 2.05) is 13.8 Å². The van der Waals surface area contributed by atoms with Crippen molar-refractivity contribution in [2.45, 2.75) is 33.1 Å². The molecular formula is C16H25N3O. The lowest BCUT2D eigenvalue weighted by Crippen LogP contribution is -2.40. The quantitative estimate of drug-likeness (QED) is 0.867. The first-order valence-corrected chi connectivity index (χ1v) is 7.63. The van der Waals surface area contributed by atoms with Gasteiger partial charge in [0.1, 0.15) is 0 Å². The number of carbonyl (C=O) groups excluding carboxylic acids is 1. The van der Waals surface area contributed by atoms with Crippen LogP contribution in [0.3, 0.4) is 0 Å². The Morgan fingerprint density at radius 3 is 2.90 bits per heavy atom. The Labute approximate surface area is 121 Å². The van der Waals surface area contributed by atoms with Gasteiger partial charge in [-0.1, -0.05) is 18.2 Å². The van der Waals surface area contributed by atoms with Crippen molar-refractivity contribution < 1.29 is 4.79 Å². The number of nitrogens with one attached hydrogen (secondary N) is 2. The lowest BCUT2D eigenvalue weighted by molar-refractivity contribution is 0.203. The van der Waals surface area contributed by atoms with Crippen LogP contribution in [0, 0.1) is 0 Å². The monoisotopic (exact) mass is 275 g/mol. The van der Waals surface area contributed by atoms with Crippen LogP contribution in [-0.4, -0.2) is 37.1 Å². The summed E-state index contributed by atoms with van der Waals surface area (Å²) in [7, 11) is 0. The molecule has 0 unspecified atom stereocenters. The molecule has 1 aromatic carbocycles. The van der Waals surface area contributed by atoms with Gasteiger partial charge >= 0.3 is 6.03 Å². The van der Waals surface area contributed by atoms with Crippen LogP contribution in [0.5, 0.6) is 0 Å². The molecule has 20 heavy (non-hydrogen) atoms. The van der Waals surface area contributed by atoms with E-state index in [0.29, 0.717) is 6.54 Å². The van der Waals surface area contributed by atoms with Gasteiger partial charge in [0.2, 0.25) is 0 Å². The lowest BCUT2D eigenvalue weighted by atomic mass is 9.98. The largest absolute Gasteiger partial charge is 0.385 e. The minimum atomic E-state index is 0.0350. The van der Waals surface area contributed by atoms with Crippen molar-refractivity contribution >= 4 is 11.7 Å². The predicted molar refractivity (Wildman–Crippen MR) is 83.3 cm³/mol. The Morgan fingerprint density at radius 1 is 1.35 bits per heavy atom. The summed E-state index contributed by atoms with van der Waals surface area (Å²) in [4.78, 5) is 13.7. The first-order valence-electron chi connectivity index (χ1n) is 7.63. The smallest absolute Gasteiger partial charge is 0.317 e. The molecule has 2 rings (SSSR count). The number of fused-ring (bicyclic) bond motifs is 1. The van der Waals surface area contributed by atoms with E-state index >= 15 is 0 Å². The van der Waals surface area contributed by atoms with Crippen LogP contribution in [0.4, 0.5) is 10.5 Å². The number of urea groups is 1. The Kier molecular flexibility index (Phi) is 5.27. The van der Waals surface area contributed by atoms with Crippen LogP contribution >= 0.6 is 0 Å². The van der Waals surface area contributed by atoms with E-state index in [1.165, 1.54) is 23.2 Å². The van der Waals surface area contributed by atoms with Crippen molar-refractivity contribution in [2.24, 2.45) is 0 Å². The lowest BCUT2D eigenvalue weighted by Gasteiger charge is -2.22. The Balaban J connectivity index is 1.90. The maximum absolute atomic E-state index is 11.9. The van der Waals surface area contributed by atoms with Crippen LogP contribution in [0.2, 0.25) is 0 Å². The van der Waals surface area contributed by atoms with Crippen LogP contribution in [0.15, 0.2) is 18.2 Å². The second-order valence-electron chi connectivity index (χ2n) is 5.14. The van der Waals surface area contributed by atoms with Crippen molar-refractivity contribution in [1.29, 1.82) is 0 Å². The van der Waals surface area contributed by atoms with Crippen molar-refractivity contribution in [1.82, 2.24) is 10.2 Å². The van der Waals surface area contributed by atoms with E-state index < -0.39 is 0 Å². The minimum absolute atomic E-state index is 0.0350. The Bertz CT molecular complexity index is 455. The van der Waals surface area contributed by atoms with E-state index in [2.05, 4.69) is 28.8 Å². The molecule has 110 valence electrons. The highest BCUT2D eigenvalue weighted by Crippen LogP contribution is 2.26. The van der Waals surface area contributed by atoms with Crippen LogP contribution in [0.1, 0.15) is 31.4 Å². The second kappa shape index (κ2) is 7.17. The van der Waals surface area contributed by atoms with Gasteiger partial charge in [0.05, 0.1) is 0 Å². The summed E-state index contributed by atoms with van der Waals surface area (Å²) in [5.41, 5.74) is 4.00. The summed E-state index contributed by atoms with van der Waals surface area (Å²) in [6, 6.07) is 6.50. The highest BCUT2D eigenvalue weighted by atomic mass is 16.2. The van der Waals surface area contributed by atoms with Crippen molar-refractivity contribution in [3.8, 4) is 0 Å². The van der Waals surface area contributed by atoms with Gasteiger partial charge in [0, 0.05) is 31.9 Å². The fourth-order valence-corrected chi connectivity index (χ4v) is 2.72. The van der Waals surface area contributed by atoms with Crippen LogP contribution < -0.4 is 10.6 Å². The van der Waals surface area contributed by atoms with Gasteiger partial charge in [-0.3, -0.25) is 0 Å². The number of anilines is 1. The summed E-state index contributed by atoms with van der Waals surface area (Å²) < 4.78 is 0. The number of benzene rings is 1. The van der Waals surface area contributed by atoms with Gasteiger partial charge in [-0.2, -0.15) is 0 Å². The van der Waals surface area contributed by atoms with E-state index in [1.54, 1.807) is 4.90 Å². The van der Waals surface area contributed by atoms with E-state index in [-0.39, 0.29) is 6.03 Å². The third-order valence-corrected chi connectivity index (χ3v) is 3.88. The molecule has 0 fully saturated rings. The standard InChI is InChI=1S/C16H25N3O/c1-3-19(4-2)16(20)18-12-10-14-8-5-7-13-9-6-11-17-15(13)14/h5,7-8,17H,3-4,6,9-12H2,1-2H3,(H,18,20). The SMILES string of the molecule is CCN(CC)C(=O)NCCc1cccc2c1NCCC2. The van der Waals surface area contributed by atoms with E-state index in [4.69, 9.17) is 0 Å². The van der Waals surface area contributed by atoms with E-state index in [0.717, 1.165) is 32.5 Å². The molecule has 2 amide bonds. The van der Waals surface area contributed by atoms with Crippen LogP contribution in [0.25, 0.3) is 0 Å². The molecule has 0 aromatic heterocycles. The minimum Gasteiger partial charge on any atom is -0.385 e. The number of rotatable bonds is 5. The van der Waals surface area contributed by atoms with Gasteiger partial charge in [-0.15, -0.1) is 0 Å². The first-order chi connectivity index (χ1) is 9.76. The van der Waals surface area contributed by atoms with Gasteiger partial charge in [0.25, 0.3) is 0 Å². The van der Waals surface area contributed by atoms with Gasteiger partial charge in [-0.05, 0) is 44.2 Å². The molecule has 0 saturated carbocycles. The topological polar surface area (TPSA) is 44.4 Å². The van der Waals surface area contributed by atoms with Gasteiger partial charge < -0.3 is 15.5 Å². The summed E-state index contributed by atoms with van der Waals surface area (Å²) >= 11 is 0. The van der Waals surface area contributed by atoms with E-state index in [9.17, 15) is 4.79 Å². The zero-order valence-corrected chi connectivity index (χ0v) is 12.5. The molecule has 0 spiro atoms. The average Bonchev–Trinajstić information content (AvgIpc) is 2.49. The third-order valence-electron chi connectivity index (χ3n) is 3.88. The molecule has 0 aliphatic carbocycles. The number of carbonyl (C=O) groups is 1. The second-order valence-corrected chi connectivity index (χ2v) is 5.14. The summed E-state index contributed by atoms with van der Waals surface area (Å²) in [6.45, 7) is 7.25. The first kappa shape index (κ1) is 14.7. The molecule has 1 aromatic rings. The van der Waals surface area contributed by atoms with Gasteiger partial charge in [-0.25, -0.2) is 4.79 Å². The zero-order valence-electron chi connectivity index (χ0n) is 12.5. The van der Waals surface area contributed by atoms with Crippen molar-refractivity contribution in [2.75, 3.05) is 31.5 Å². The van der Waals surface area contributed by atoms with Crippen molar-refractivity contribution in [3.05, 3.63) is 29.3 Å². The molecule has 1 aliphatic rings. The maximum Gasteiger partial charge on any atom is 0.317 e. The number of hydrogen-bond acceptors (Lipinski definition) is 2. The fourth-order valence-electron chi connectivity index (χ4n) is 2.72. The predicted octanol–water partition coefficient (Wildman–Crippen LogP) is 2.64. The van der Waals surface area contributed by atoms with Crippen LogP contribution in [-0.2, 0) is 12.8 Å².